The molecule has 0 aromatic heterocycles. The first-order valence-electron chi connectivity index (χ1n) is 3.11. The molecule has 0 saturated carbocycles. The second-order valence-electron chi connectivity index (χ2n) is 1.97. The summed E-state index contributed by atoms with van der Waals surface area (Å²) in [7, 11) is 0. The Kier molecular flexibility index (Phi) is 3.38. The van der Waals surface area contributed by atoms with E-state index in [1.807, 2.05) is 0 Å². The van der Waals surface area contributed by atoms with Crippen molar-refractivity contribution in [2.24, 2.45) is 0 Å². The third-order valence-corrected chi connectivity index (χ3v) is 1.54. The average molecular weight is 207 g/mol. The molecule has 0 aliphatic carbocycles. The van der Waals surface area contributed by atoms with E-state index in [4.69, 9.17) is 23.2 Å². The molecule has 4 heteroatoms. The van der Waals surface area contributed by atoms with Crippen LogP contribution in [-0.4, -0.2) is 0 Å². The first-order valence-corrected chi connectivity index (χ1v) is 3.93. The van der Waals surface area contributed by atoms with Gasteiger partial charge in [-0.25, -0.2) is 0 Å². The normalized spacial score (nSPS) is 11.4. The number of ether oxygens (including phenoxy) is 1. The molecule has 0 aliphatic rings. The molecule has 0 fully saturated rings. The molecule has 1 rings (SSSR count). The lowest BCUT2D eigenvalue weighted by Gasteiger charge is -2.00. The Balaban J connectivity index is 2.71. The van der Waals surface area contributed by atoms with Gasteiger partial charge in [-0.1, -0.05) is 23.2 Å². The standard InChI is InChI=1S/C8H5Cl2FO/c9-5-8(11)12-7-3-1-6(10)2-4-7/h1-5H/b8-5+. The molecule has 64 valence electrons. The third kappa shape index (κ3) is 2.72. The summed E-state index contributed by atoms with van der Waals surface area (Å²) in [6.07, 6.45) is 0. The molecule has 0 radical (unpaired) electrons. The van der Waals surface area contributed by atoms with Crippen molar-refractivity contribution in [3.8, 4) is 5.75 Å². The van der Waals surface area contributed by atoms with Crippen LogP contribution in [0.25, 0.3) is 0 Å². The van der Waals surface area contributed by atoms with Gasteiger partial charge in [0.25, 0.3) is 6.01 Å². The molecule has 0 unspecified atom stereocenters. The highest BCUT2D eigenvalue weighted by Gasteiger charge is 1.96. The molecule has 0 N–H and O–H groups in total. The monoisotopic (exact) mass is 206 g/mol. The van der Waals surface area contributed by atoms with E-state index in [1.165, 1.54) is 0 Å². The fourth-order valence-electron chi connectivity index (χ4n) is 0.637. The molecular weight excluding hydrogens is 202 g/mol. The smallest absolute Gasteiger partial charge is 0.289 e. The Hall–Kier alpha value is -0.730. The summed E-state index contributed by atoms with van der Waals surface area (Å²) >= 11 is 10.6. The van der Waals surface area contributed by atoms with Gasteiger partial charge in [0, 0.05) is 5.02 Å². The maximum atomic E-state index is 12.4. The average Bonchev–Trinajstić information content (AvgIpc) is 2.09. The zero-order valence-electron chi connectivity index (χ0n) is 5.93. The van der Waals surface area contributed by atoms with Crippen LogP contribution in [0.1, 0.15) is 0 Å². The van der Waals surface area contributed by atoms with Gasteiger partial charge in [0.15, 0.2) is 0 Å². The maximum Gasteiger partial charge on any atom is 0.289 e. The van der Waals surface area contributed by atoms with Gasteiger partial charge >= 0.3 is 0 Å². The van der Waals surface area contributed by atoms with E-state index >= 15 is 0 Å². The van der Waals surface area contributed by atoms with Crippen LogP contribution >= 0.6 is 23.2 Å². The van der Waals surface area contributed by atoms with Gasteiger partial charge in [-0.15, -0.1) is 0 Å². The van der Waals surface area contributed by atoms with Crippen molar-refractivity contribution in [2.45, 2.75) is 0 Å². The maximum absolute atomic E-state index is 12.4. The predicted molar refractivity (Wildman–Crippen MR) is 47.1 cm³/mol. The molecule has 0 heterocycles. The van der Waals surface area contributed by atoms with Crippen molar-refractivity contribution < 1.29 is 9.13 Å². The second-order valence-corrected chi connectivity index (χ2v) is 2.62. The highest BCUT2D eigenvalue weighted by atomic mass is 35.5. The quantitative estimate of drug-likeness (QED) is 0.671. The summed E-state index contributed by atoms with van der Waals surface area (Å²) < 4.78 is 17.0. The van der Waals surface area contributed by atoms with Gasteiger partial charge in [-0.2, -0.15) is 4.39 Å². The van der Waals surface area contributed by atoms with Crippen LogP contribution in [0.15, 0.2) is 35.8 Å². The largest absolute Gasteiger partial charge is 0.431 e. The van der Waals surface area contributed by atoms with Crippen molar-refractivity contribution in [3.63, 3.8) is 0 Å². The van der Waals surface area contributed by atoms with E-state index in [2.05, 4.69) is 4.74 Å². The van der Waals surface area contributed by atoms with Gasteiger partial charge in [0.2, 0.25) is 0 Å². The van der Waals surface area contributed by atoms with E-state index in [1.54, 1.807) is 24.3 Å². The summed E-state index contributed by atoms with van der Waals surface area (Å²) in [6.45, 7) is 0. The Morgan fingerprint density at radius 1 is 1.33 bits per heavy atom. The fraction of sp³-hybridized carbons (Fsp3) is 0. The predicted octanol–water partition coefficient (Wildman–Crippen LogP) is 3.73. The lowest BCUT2D eigenvalue weighted by atomic mass is 10.3. The second kappa shape index (κ2) is 4.33. The topological polar surface area (TPSA) is 9.23 Å². The molecule has 0 spiro atoms. The van der Waals surface area contributed by atoms with Gasteiger partial charge in [-0.05, 0) is 24.3 Å². The van der Waals surface area contributed by atoms with E-state index in [0.717, 1.165) is 0 Å². The van der Waals surface area contributed by atoms with Gasteiger partial charge in [-0.3, -0.25) is 0 Å². The molecule has 1 aromatic carbocycles. The van der Waals surface area contributed by atoms with E-state index < -0.39 is 6.01 Å². The Labute approximate surface area is 79.4 Å². The van der Waals surface area contributed by atoms with E-state index in [0.29, 0.717) is 16.3 Å². The Morgan fingerprint density at radius 3 is 2.42 bits per heavy atom. The molecule has 12 heavy (non-hydrogen) atoms. The molecular formula is C8H5Cl2FO. The summed E-state index contributed by atoms with van der Waals surface area (Å²) in [6, 6.07) is 5.43. The van der Waals surface area contributed by atoms with Crippen LogP contribution in [0.2, 0.25) is 5.02 Å². The van der Waals surface area contributed by atoms with Crippen molar-refractivity contribution in [3.05, 3.63) is 40.8 Å². The molecule has 0 bridgehead atoms. The summed E-state index contributed by atoms with van der Waals surface area (Å²) in [5.74, 6) is 0.355. The van der Waals surface area contributed by atoms with Crippen LogP contribution < -0.4 is 4.74 Å². The number of hydrogen-bond donors (Lipinski definition) is 0. The van der Waals surface area contributed by atoms with Crippen LogP contribution in [0.4, 0.5) is 4.39 Å². The van der Waals surface area contributed by atoms with Crippen LogP contribution in [-0.2, 0) is 0 Å². The molecule has 0 aliphatic heterocycles. The SMILES string of the molecule is F/C(=C\Cl)Oc1ccc(Cl)cc1. The molecule has 0 atom stereocenters. The third-order valence-electron chi connectivity index (χ3n) is 1.11. The highest BCUT2D eigenvalue weighted by Crippen LogP contribution is 2.18. The lowest BCUT2D eigenvalue weighted by molar-refractivity contribution is 0.303. The van der Waals surface area contributed by atoms with Gasteiger partial charge in [0.1, 0.15) is 5.75 Å². The van der Waals surface area contributed by atoms with Crippen molar-refractivity contribution in [2.75, 3.05) is 0 Å². The summed E-state index contributed by atoms with van der Waals surface area (Å²) in [5, 5.41) is 0.567. The van der Waals surface area contributed by atoms with Gasteiger partial charge < -0.3 is 4.74 Å². The molecule has 0 saturated heterocycles. The summed E-state index contributed by atoms with van der Waals surface area (Å²) in [5.41, 5.74) is 0.717. The van der Waals surface area contributed by atoms with Crippen LogP contribution in [0.5, 0.6) is 5.75 Å². The lowest BCUT2D eigenvalue weighted by Crippen LogP contribution is -1.86. The fourth-order valence-corrected chi connectivity index (χ4v) is 0.808. The number of halogens is 3. The van der Waals surface area contributed by atoms with Crippen LogP contribution in [0, 0.1) is 0 Å². The number of hydrogen-bond acceptors (Lipinski definition) is 1. The molecule has 1 nitrogen and oxygen atoms in total. The first kappa shape index (κ1) is 9.36. The molecule has 0 amide bonds. The minimum Gasteiger partial charge on any atom is -0.431 e. The van der Waals surface area contributed by atoms with Crippen molar-refractivity contribution in [1.29, 1.82) is 0 Å². The van der Waals surface area contributed by atoms with Gasteiger partial charge in [0.05, 0.1) is 5.54 Å². The minimum absolute atomic E-state index is 0.355. The molecule has 1 aromatic rings. The van der Waals surface area contributed by atoms with E-state index in [9.17, 15) is 4.39 Å². The summed E-state index contributed by atoms with van der Waals surface area (Å²) in [4.78, 5) is 0. The van der Waals surface area contributed by atoms with Crippen molar-refractivity contribution in [1.82, 2.24) is 0 Å². The van der Waals surface area contributed by atoms with Crippen molar-refractivity contribution >= 4 is 23.2 Å². The Bertz CT molecular complexity index is 282. The minimum atomic E-state index is -0.848. The number of rotatable bonds is 2. The first-order chi connectivity index (χ1) is 5.72. The van der Waals surface area contributed by atoms with E-state index in [-0.39, 0.29) is 0 Å². The number of benzene rings is 1. The Morgan fingerprint density at radius 2 is 1.92 bits per heavy atom. The van der Waals surface area contributed by atoms with Crippen LogP contribution in [0.3, 0.4) is 0 Å². The zero-order valence-corrected chi connectivity index (χ0v) is 7.44. The highest BCUT2D eigenvalue weighted by molar-refractivity contribution is 6.30. The zero-order chi connectivity index (χ0) is 8.97.